The summed E-state index contributed by atoms with van der Waals surface area (Å²) >= 11 is 0. The van der Waals surface area contributed by atoms with Crippen molar-refractivity contribution < 1.29 is 19.1 Å². The van der Waals surface area contributed by atoms with Gasteiger partial charge in [0.25, 0.3) is 0 Å². The minimum atomic E-state index is -1.13. The Morgan fingerprint density at radius 2 is 2.24 bits per heavy atom. The number of halogens is 1. The van der Waals surface area contributed by atoms with Crippen LogP contribution in [0.25, 0.3) is 0 Å². The lowest BCUT2D eigenvalue weighted by molar-refractivity contribution is -0.146. The Morgan fingerprint density at radius 1 is 1.59 bits per heavy atom. The van der Waals surface area contributed by atoms with Gasteiger partial charge in [-0.15, -0.1) is 0 Å². The molecule has 5 heteroatoms. The van der Waals surface area contributed by atoms with Crippen molar-refractivity contribution in [3.05, 3.63) is 35.1 Å². The molecular formula is C12H14FNO3. The zero-order chi connectivity index (χ0) is 13.0. The Morgan fingerprint density at radius 3 is 2.65 bits per heavy atom. The Bertz CT molecular complexity index is 434. The van der Waals surface area contributed by atoms with Crippen LogP contribution in [0.15, 0.2) is 18.2 Å². The highest BCUT2D eigenvalue weighted by Gasteiger charge is 2.26. The monoisotopic (exact) mass is 239 g/mol. The van der Waals surface area contributed by atoms with Crippen molar-refractivity contribution in [2.45, 2.75) is 19.9 Å². The highest BCUT2D eigenvalue weighted by Crippen LogP contribution is 2.23. The van der Waals surface area contributed by atoms with Crippen molar-refractivity contribution in [2.75, 3.05) is 6.54 Å². The van der Waals surface area contributed by atoms with Crippen molar-refractivity contribution in [1.29, 1.82) is 0 Å². The SMILES string of the molecule is CCN(C=O)C(C(=O)O)c1ccc(F)cc1C. The fourth-order valence-corrected chi connectivity index (χ4v) is 1.72. The van der Waals surface area contributed by atoms with Crippen molar-refractivity contribution in [1.82, 2.24) is 4.90 Å². The first-order chi connectivity index (χ1) is 8.01. The van der Waals surface area contributed by atoms with Gasteiger partial charge in [-0.2, -0.15) is 0 Å². The number of carboxylic acid groups (broad SMARTS) is 1. The molecule has 0 fully saturated rings. The van der Waals surface area contributed by atoms with Gasteiger partial charge in [-0.25, -0.2) is 9.18 Å². The molecular weight excluding hydrogens is 225 g/mol. The predicted octanol–water partition coefficient (Wildman–Crippen LogP) is 1.74. The number of carbonyl (C=O) groups excluding carboxylic acids is 1. The zero-order valence-electron chi connectivity index (χ0n) is 9.68. The van der Waals surface area contributed by atoms with E-state index in [1.807, 2.05) is 0 Å². The lowest BCUT2D eigenvalue weighted by Gasteiger charge is -2.25. The van der Waals surface area contributed by atoms with E-state index in [0.29, 0.717) is 17.5 Å². The van der Waals surface area contributed by atoms with Crippen molar-refractivity contribution in [3.8, 4) is 0 Å². The lowest BCUT2D eigenvalue weighted by atomic mass is 10.00. The van der Waals surface area contributed by atoms with Gasteiger partial charge < -0.3 is 10.0 Å². The number of hydrogen-bond donors (Lipinski definition) is 1. The molecule has 1 amide bonds. The number of rotatable bonds is 5. The van der Waals surface area contributed by atoms with Gasteiger partial charge in [-0.1, -0.05) is 6.07 Å². The molecule has 1 aromatic carbocycles. The highest BCUT2D eigenvalue weighted by molar-refractivity contribution is 5.78. The second-order valence-corrected chi connectivity index (χ2v) is 3.68. The molecule has 1 N–H and O–H groups in total. The molecule has 0 saturated carbocycles. The van der Waals surface area contributed by atoms with Crippen molar-refractivity contribution in [3.63, 3.8) is 0 Å². The molecule has 0 saturated heterocycles. The molecule has 1 unspecified atom stereocenters. The smallest absolute Gasteiger partial charge is 0.331 e. The van der Waals surface area contributed by atoms with Crippen molar-refractivity contribution >= 4 is 12.4 Å². The highest BCUT2D eigenvalue weighted by atomic mass is 19.1. The Kier molecular flexibility index (Phi) is 4.20. The third-order valence-electron chi connectivity index (χ3n) is 2.59. The van der Waals surface area contributed by atoms with Crippen LogP contribution in [-0.4, -0.2) is 28.9 Å². The first-order valence-corrected chi connectivity index (χ1v) is 5.21. The normalized spacial score (nSPS) is 11.9. The van der Waals surface area contributed by atoms with E-state index in [1.165, 1.54) is 18.2 Å². The van der Waals surface area contributed by atoms with E-state index in [2.05, 4.69) is 0 Å². The summed E-state index contributed by atoms with van der Waals surface area (Å²) in [5, 5.41) is 9.16. The number of nitrogens with zero attached hydrogens (tertiary/aromatic N) is 1. The molecule has 0 heterocycles. The minimum absolute atomic E-state index is 0.275. The number of carbonyl (C=O) groups is 2. The summed E-state index contributed by atoms with van der Waals surface area (Å²) in [6.45, 7) is 3.58. The Balaban J connectivity index is 3.22. The molecule has 92 valence electrons. The van der Waals surface area contributed by atoms with E-state index in [1.54, 1.807) is 13.8 Å². The van der Waals surface area contributed by atoms with Crippen molar-refractivity contribution in [2.24, 2.45) is 0 Å². The topological polar surface area (TPSA) is 57.6 Å². The number of aliphatic carboxylic acids is 1. The van der Waals surface area contributed by atoms with E-state index in [4.69, 9.17) is 5.11 Å². The standard InChI is InChI=1S/C12H14FNO3/c1-3-14(7-15)11(12(16)17)10-5-4-9(13)6-8(10)2/h4-7,11H,3H2,1-2H3,(H,16,17). The van der Waals surface area contributed by atoms with E-state index in [-0.39, 0.29) is 6.54 Å². The Labute approximate surface area is 98.7 Å². The van der Waals surface area contributed by atoms with Crippen LogP contribution in [0.3, 0.4) is 0 Å². The number of amides is 1. The van der Waals surface area contributed by atoms with Crippen LogP contribution >= 0.6 is 0 Å². The summed E-state index contributed by atoms with van der Waals surface area (Å²) in [6.07, 6.45) is 0.488. The summed E-state index contributed by atoms with van der Waals surface area (Å²) in [5.74, 6) is -1.56. The molecule has 0 spiro atoms. The van der Waals surface area contributed by atoms with Gasteiger partial charge in [0, 0.05) is 6.54 Å². The van der Waals surface area contributed by atoms with E-state index in [9.17, 15) is 14.0 Å². The first-order valence-electron chi connectivity index (χ1n) is 5.21. The summed E-state index contributed by atoms with van der Waals surface area (Å²) in [7, 11) is 0. The summed E-state index contributed by atoms with van der Waals surface area (Å²) in [4.78, 5) is 23.2. The van der Waals surface area contributed by atoms with Gasteiger partial charge in [-0.3, -0.25) is 4.79 Å². The average Bonchev–Trinajstić information content (AvgIpc) is 2.26. The minimum Gasteiger partial charge on any atom is -0.479 e. The Hall–Kier alpha value is -1.91. The van der Waals surface area contributed by atoms with Gasteiger partial charge in [-0.05, 0) is 37.1 Å². The van der Waals surface area contributed by atoms with Gasteiger partial charge in [0.15, 0.2) is 6.04 Å². The van der Waals surface area contributed by atoms with Gasteiger partial charge in [0.05, 0.1) is 0 Å². The van der Waals surface area contributed by atoms with E-state index < -0.39 is 17.8 Å². The maximum Gasteiger partial charge on any atom is 0.331 e. The molecule has 0 aliphatic carbocycles. The van der Waals surface area contributed by atoms with Gasteiger partial charge in [0.1, 0.15) is 5.82 Å². The number of likely N-dealkylation sites (N-methyl/N-ethyl adjacent to an activating group) is 1. The summed E-state index contributed by atoms with van der Waals surface area (Å²) < 4.78 is 12.9. The van der Waals surface area contributed by atoms with Crippen LogP contribution in [0.2, 0.25) is 0 Å². The third kappa shape index (κ3) is 2.81. The molecule has 1 atom stereocenters. The van der Waals surface area contributed by atoms with Gasteiger partial charge >= 0.3 is 5.97 Å². The molecule has 0 bridgehead atoms. The van der Waals surface area contributed by atoms with Crippen LogP contribution in [0.5, 0.6) is 0 Å². The van der Waals surface area contributed by atoms with Gasteiger partial charge in [0.2, 0.25) is 6.41 Å². The number of hydrogen-bond acceptors (Lipinski definition) is 2. The average molecular weight is 239 g/mol. The predicted molar refractivity (Wildman–Crippen MR) is 60.0 cm³/mol. The maximum atomic E-state index is 12.9. The van der Waals surface area contributed by atoms with Crippen LogP contribution < -0.4 is 0 Å². The van der Waals surface area contributed by atoms with Crippen LogP contribution in [0, 0.1) is 12.7 Å². The molecule has 0 aromatic heterocycles. The molecule has 0 aliphatic heterocycles. The molecule has 1 rings (SSSR count). The fourth-order valence-electron chi connectivity index (χ4n) is 1.72. The molecule has 17 heavy (non-hydrogen) atoms. The van der Waals surface area contributed by atoms with Crippen LogP contribution in [0.4, 0.5) is 4.39 Å². The third-order valence-corrected chi connectivity index (χ3v) is 2.59. The zero-order valence-corrected chi connectivity index (χ0v) is 9.68. The molecule has 4 nitrogen and oxygen atoms in total. The maximum absolute atomic E-state index is 12.9. The molecule has 0 aliphatic rings. The quantitative estimate of drug-likeness (QED) is 0.796. The molecule has 0 radical (unpaired) electrons. The van der Waals surface area contributed by atoms with E-state index in [0.717, 1.165) is 4.90 Å². The summed E-state index contributed by atoms with van der Waals surface area (Å²) in [6, 6.07) is 2.77. The first kappa shape index (κ1) is 13.2. The largest absolute Gasteiger partial charge is 0.479 e. The molecule has 1 aromatic rings. The number of benzene rings is 1. The lowest BCUT2D eigenvalue weighted by Crippen LogP contribution is -2.33. The number of carboxylic acids is 1. The fraction of sp³-hybridized carbons (Fsp3) is 0.333. The number of aryl methyl sites for hydroxylation is 1. The second-order valence-electron chi connectivity index (χ2n) is 3.68. The second kappa shape index (κ2) is 5.43. The summed E-state index contributed by atoms with van der Waals surface area (Å²) in [5.41, 5.74) is 0.936. The van der Waals surface area contributed by atoms with E-state index >= 15 is 0 Å². The van der Waals surface area contributed by atoms with Crippen LogP contribution in [-0.2, 0) is 9.59 Å². The van der Waals surface area contributed by atoms with Crippen LogP contribution in [0.1, 0.15) is 24.1 Å².